The molecule has 0 amide bonds. The molecule has 3 heteroatoms. The highest BCUT2D eigenvalue weighted by atomic mass is 32.2. The Balaban J connectivity index is 1.97. The van der Waals surface area contributed by atoms with Crippen molar-refractivity contribution in [3.05, 3.63) is 0 Å². The fourth-order valence-corrected chi connectivity index (χ4v) is 4.12. The van der Waals surface area contributed by atoms with Gasteiger partial charge in [0.1, 0.15) is 0 Å². The lowest BCUT2D eigenvalue weighted by atomic mass is 9.75. The molecule has 0 aromatic carbocycles. The number of hydrogen-bond acceptors (Lipinski definition) is 3. The summed E-state index contributed by atoms with van der Waals surface area (Å²) in [5, 5.41) is 7.33. The van der Waals surface area contributed by atoms with E-state index in [1.165, 1.54) is 63.7 Å². The maximum absolute atomic E-state index is 3.80. The Morgan fingerprint density at radius 2 is 1.82 bits per heavy atom. The quantitative estimate of drug-likeness (QED) is 0.808. The first-order valence-electron chi connectivity index (χ1n) is 7.32. The van der Waals surface area contributed by atoms with Gasteiger partial charge in [0, 0.05) is 18.8 Å². The zero-order chi connectivity index (χ0) is 12.0. The second-order valence-electron chi connectivity index (χ2n) is 5.72. The molecule has 0 radical (unpaired) electrons. The van der Waals surface area contributed by atoms with Crippen LogP contribution >= 0.6 is 11.8 Å². The lowest BCUT2D eigenvalue weighted by Crippen LogP contribution is -2.50. The normalized spacial score (nSPS) is 32.3. The summed E-state index contributed by atoms with van der Waals surface area (Å²) in [7, 11) is 0. The van der Waals surface area contributed by atoms with Crippen LogP contribution in [0.25, 0.3) is 0 Å². The SMILES string of the molecule is CSCCC1(C2CCCCCCC2)CNCN1. The predicted octanol–water partition coefficient (Wildman–Crippen LogP) is 2.99. The smallest absolute Gasteiger partial charge is 0.0459 e. The van der Waals surface area contributed by atoms with Crippen LogP contribution in [0.5, 0.6) is 0 Å². The molecule has 1 aliphatic heterocycles. The Labute approximate surface area is 111 Å². The monoisotopic (exact) mass is 256 g/mol. The van der Waals surface area contributed by atoms with E-state index in [1.807, 2.05) is 11.8 Å². The molecule has 2 aliphatic rings. The molecule has 1 aliphatic carbocycles. The van der Waals surface area contributed by atoms with Gasteiger partial charge in [0.05, 0.1) is 0 Å². The van der Waals surface area contributed by atoms with Crippen molar-refractivity contribution >= 4 is 11.8 Å². The van der Waals surface area contributed by atoms with Crippen LogP contribution in [0.15, 0.2) is 0 Å². The van der Waals surface area contributed by atoms with Gasteiger partial charge in [-0.05, 0) is 37.2 Å². The van der Waals surface area contributed by atoms with E-state index in [0.29, 0.717) is 5.54 Å². The highest BCUT2D eigenvalue weighted by molar-refractivity contribution is 7.98. The van der Waals surface area contributed by atoms with E-state index in [9.17, 15) is 0 Å². The van der Waals surface area contributed by atoms with Gasteiger partial charge in [-0.2, -0.15) is 11.8 Å². The largest absolute Gasteiger partial charge is 0.303 e. The van der Waals surface area contributed by atoms with Gasteiger partial charge in [-0.1, -0.05) is 32.1 Å². The number of nitrogens with one attached hydrogen (secondary N) is 2. The average Bonchev–Trinajstić information content (AvgIpc) is 2.75. The standard InChI is InChI=1S/C14H28N2S/c1-17-10-9-14(11-15-12-16-14)13-7-5-3-2-4-6-8-13/h13,15-16H,2-12H2,1H3. The Morgan fingerprint density at radius 3 is 2.41 bits per heavy atom. The minimum Gasteiger partial charge on any atom is -0.303 e. The Kier molecular flexibility index (Phi) is 5.64. The molecule has 1 atom stereocenters. The van der Waals surface area contributed by atoms with Crippen molar-refractivity contribution in [2.75, 3.05) is 25.2 Å². The van der Waals surface area contributed by atoms with Crippen molar-refractivity contribution in [3.8, 4) is 0 Å². The van der Waals surface area contributed by atoms with Crippen molar-refractivity contribution in [1.29, 1.82) is 0 Å². The van der Waals surface area contributed by atoms with Crippen LogP contribution in [0.4, 0.5) is 0 Å². The van der Waals surface area contributed by atoms with Gasteiger partial charge in [0.25, 0.3) is 0 Å². The van der Waals surface area contributed by atoms with Crippen molar-refractivity contribution in [2.24, 2.45) is 5.92 Å². The summed E-state index contributed by atoms with van der Waals surface area (Å²) in [5.41, 5.74) is 0.417. The second kappa shape index (κ2) is 7.01. The third-order valence-corrected chi connectivity index (χ3v) is 5.26. The van der Waals surface area contributed by atoms with Crippen molar-refractivity contribution in [2.45, 2.75) is 56.9 Å². The zero-order valence-corrected chi connectivity index (χ0v) is 12.1. The minimum absolute atomic E-state index is 0.417. The van der Waals surface area contributed by atoms with Gasteiger partial charge >= 0.3 is 0 Å². The molecule has 0 bridgehead atoms. The van der Waals surface area contributed by atoms with E-state index in [2.05, 4.69) is 16.9 Å². The summed E-state index contributed by atoms with van der Waals surface area (Å²) in [5.74, 6) is 2.20. The van der Waals surface area contributed by atoms with Crippen LogP contribution in [0, 0.1) is 5.92 Å². The van der Waals surface area contributed by atoms with Gasteiger partial charge in [0.2, 0.25) is 0 Å². The predicted molar refractivity (Wildman–Crippen MR) is 77.5 cm³/mol. The summed E-state index contributed by atoms with van der Waals surface area (Å²) in [6, 6.07) is 0. The molecule has 0 aromatic heterocycles. The third-order valence-electron chi connectivity index (χ3n) is 4.64. The number of hydrogen-bond donors (Lipinski definition) is 2. The summed E-state index contributed by atoms with van der Waals surface area (Å²) >= 11 is 1.99. The van der Waals surface area contributed by atoms with Crippen molar-refractivity contribution < 1.29 is 0 Å². The fourth-order valence-electron chi connectivity index (χ4n) is 3.55. The van der Waals surface area contributed by atoms with Crippen LogP contribution in [-0.4, -0.2) is 30.8 Å². The molecular weight excluding hydrogens is 228 g/mol. The summed E-state index contributed by atoms with van der Waals surface area (Å²) in [6.45, 7) is 2.21. The molecule has 2 fully saturated rings. The molecule has 1 unspecified atom stereocenters. The first kappa shape index (κ1) is 13.7. The molecular formula is C14H28N2S. The van der Waals surface area contributed by atoms with E-state index in [1.54, 1.807) is 0 Å². The van der Waals surface area contributed by atoms with Gasteiger partial charge in [-0.3, -0.25) is 5.32 Å². The van der Waals surface area contributed by atoms with E-state index in [4.69, 9.17) is 0 Å². The molecule has 2 N–H and O–H groups in total. The molecule has 0 spiro atoms. The zero-order valence-electron chi connectivity index (χ0n) is 11.3. The van der Waals surface area contributed by atoms with Crippen LogP contribution in [0.1, 0.15) is 51.4 Å². The van der Waals surface area contributed by atoms with E-state index >= 15 is 0 Å². The molecule has 17 heavy (non-hydrogen) atoms. The summed E-state index contributed by atoms with van der Waals surface area (Å²) in [4.78, 5) is 0. The van der Waals surface area contributed by atoms with Crippen LogP contribution in [0.2, 0.25) is 0 Å². The Morgan fingerprint density at radius 1 is 1.12 bits per heavy atom. The highest BCUT2D eigenvalue weighted by Crippen LogP contribution is 2.34. The second-order valence-corrected chi connectivity index (χ2v) is 6.71. The van der Waals surface area contributed by atoms with Crippen molar-refractivity contribution in [3.63, 3.8) is 0 Å². The Hall–Kier alpha value is 0.270. The average molecular weight is 256 g/mol. The minimum atomic E-state index is 0.417. The van der Waals surface area contributed by atoms with Gasteiger partial charge < -0.3 is 5.32 Å². The fraction of sp³-hybridized carbons (Fsp3) is 1.00. The van der Waals surface area contributed by atoms with Crippen molar-refractivity contribution in [1.82, 2.24) is 10.6 Å². The van der Waals surface area contributed by atoms with Gasteiger partial charge in [-0.25, -0.2) is 0 Å². The molecule has 1 saturated heterocycles. The third kappa shape index (κ3) is 3.62. The van der Waals surface area contributed by atoms with Crippen LogP contribution in [0.3, 0.4) is 0 Å². The lowest BCUT2D eigenvalue weighted by Gasteiger charge is -2.38. The number of thioether (sulfide) groups is 1. The molecule has 2 rings (SSSR count). The topological polar surface area (TPSA) is 24.1 Å². The van der Waals surface area contributed by atoms with Gasteiger partial charge in [0.15, 0.2) is 0 Å². The lowest BCUT2D eigenvalue weighted by molar-refractivity contribution is 0.201. The summed E-state index contributed by atoms with van der Waals surface area (Å²) < 4.78 is 0. The van der Waals surface area contributed by atoms with Gasteiger partial charge in [-0.15, -0.1) is 0 Å². The van der Waals surface area contributed by atoms with E-state index in [0.717, 1.165) is 12.6 Å². The van der Waals surface area contributed by atoms with Crippen LogP contribution < -0.4 is 10.6 Å². The maximum atomic E-state index is 3.80. The van der Waals surface area contributed by atoms with E-state index in [-0.39, 0.29) is 0 Å². The maximum Gasteiger partial charge on any atom is 0.0459 e. The molecule has 100 valence electrons. The highest BCUT2D eigenvalue weighted by Gasteiger charge is 2.39. The molecule has 1 saturated carbocycles. The Bertz CT molecular complexity index is 206. The first-order valence-corrected chi connectivity index (χ1v) is 8.71. The molecule has 2 nitrogen and oxygen atoms in total. The van der Waals surface area contributed by atoms with Crippen LogP contribution in [-0.2, 0) is 0 Å². The molecule has 1 heterocycles. The van der Waals surface area contributed by atoms with E-state index < -0.39 is 0 Å². The first-order chi connectivity index (χ1) is 8.37. The number of rotatable bonds is 4. The molecule has 0 aromatic rings. The summed E-state index contributed by atoms with van der Waals surface area (Å²) in [6.07, 6.45) is 13.8.